The Morgan fingerprint density at radius 1 is 0.971 bits per heavy atom. The van der Waals surface area contributed by atoms with Crippen LogP contribution in [0.4, 0.5) is 0 Å². The summed E-state index contributed by atoms with van der Waals surface area (Å²) in [5.41, 5.74) is 1.98. The lowest BCUT2D eigenvalue weighted by Gasteiger charge is -2.25. The number of aromatic nitrogens is 1. The van der Waals surface area contributed by atoms with Crippen molar-refractivity contribution >= 4 is 17.4 Å². The summed E-state index contributed by atoms with van der Waals surface area (Å²) in [6.07, 6.45) is 3.68. The highest BCUT2D eigenvalue weighted by atomic mass is 16.5. The molecule has 2 aromatic carbocycles. The predicted octanol–water partition coefficient (Wildman–Crippen LogP) is 3.77. The van der Waals surface area contributed by atoms with Crippen molar-refractivity contribution in [1.82, 2.24) is 9.88 Å². The molecule has 1 N–H and O–H groups in total. The van der Waals surface area contributed by atoms with E-state index in [0.29, 0.717) is 34.8 Å². The quantitative estimate of drug-likeness (QED) is 0.301. The Hall–Kier alpha value is -4.33. The molecule has 0 aliphatic carbocycles. The zero-order valence-corrected chi connectivity index (χ0v) is 19.7. The second kappa shape index (κ2) is 10.3. The molecule has 1 aliphatic rings. The van der Waals surface area contributed by atoms with Crippen molar-refractivity contribution in [2.45, 2.75) is 12.5 Å². The SMILES string of the molecule is COc1ccc(C(O)=C2C(=O)C(=O)N(CCc3ccc(OC)c(OC)c3)C2c2cccnc2)cc1. The molecule has 1 aliphatic heterocycles. The van der Waals surface area contributed by atoms with Gasteiger partial charge in [0, 0.05) is 24.5 Å². The van der Waals surface area contributed by atoms with E-state index >= 15 is 0 Å². The fourth-order valence-electron chi connectivity index (χ4n) is 4.18. The van der Waals surface area contributed by atoms with Gasteiger partial charge in [0.25, 0.3) is 11.7 Å². The van der Waals surface area contributed by atoms with Crippen LogP contribution in [0.15, 0.2) is 72.6 Å². The van der Waals surface area contributed by atoms with E-state index < -0.39 is 17.7 Å². The highest BCUT2D eigenvalue weighted by molar-refractivity contribution is 6.46. The summed E-state index contributed by atoms with van der Waals surface area (Å²) in [7, 11) is 4.66. The molecule has 0 saturated carbocycles. The van der Waals surface area contributed by atoms with Gasteiger partial charge < -0.3 is 24.2 Å². The van der Waals surface area contributed by atoms with Crippen molar-refractivity contribution in [3.63, 3.8) is 0 Å². The molecule has 0 radical (unpaired) electrons. The normalized spacial score (nSPS) is 16.9. The molecule has 1 amide bonds. The van der Waals surface area contributed by atoms with Gasteiger partial charge in [-0.2, -0.15) is 0 Å². The Bertz CT molecular complexity index is 1250. The molecule has 8 heteroatoms. The fourth-order valence-corrected chi connectivity index (χ4v) is 4.18. The minimum absolute atomic E-state index is 0.0282. The third-order valence-corrected chi connectivity index (χ3v) is 5.99. The zero-order valence-electron chi connectivity index (χ0n) is 19.7. The van der Waals surface area contributed by atoms with Crippen LogP contribution in [-0.2, 0) is 16.0 Å². The Labute approximate surface area is 203 Å². The van der Waals surface area contributed by atoms with E-state index in [1.165, 1.54) is 4.90 Å². The van der Waals surface area contributed by atoms with Gasteiger partial charge in [-0.05, 0) is 60.0 Å². The van der Waals surface area contributed by atoms with Crippen LogP contribution in [0.2, 0.25) is 0 Å². The molecule has 8 nitrogen and oxygen atoms in total. The van der Waals surface area contributed by atoms with Gasteiger partial charge in [0.2, 0.25) is 0 Å². The molecule has 3 aromatic rings. The van der Waals surface area contributed by atoms with Crippen molar-refractivity contribution in [3.05, 3.63) is 89.3 Å². The number of nitrogens with zero attached hydrogens (tertiary/aromatic N) is 2. The summed E-state index contributed by atoms with van der Waals surface area (Å²) in [5, 5.41) is 11.1. The van der Waals surface area contributed by atoms with Gasteiger partial charge in [-0.3, -0.25) is 14.6 Å². The number of aliphatic hydroxyl groups is 1. The number of hydrogen-bond acceptors (Lipinski definition) is 7. The van der Waals surface area contributed by atoms with E-state index in [-0.39, 0.29) is 17.9 Å². The summed E-state index contributed by atoms with van der Waals surface area (Å²) in [4.78, 5) is 31.9. The summed E-state index contributed by atoms with van der Waals surface area (Å²) in [5.74, 6) is 0.144. The number of amides is 1. The largest absolute Gasteiger partial charge is 0.507 e. The van der Waals surface area contributed by atoms with Crippen molar-refractivity contribution in [1.29, 1.82) is 0 Å². The number of hydrogen-bond donors (Lipinski definition) is 1. The van der Waals surface area contributed by atoms with Gasteiger partial charge in [0.15, 0.2) is 11.5 Å². The van der Waals surface area contributed by atoms with Gasteiger partial charge in [-0.15, -0.1) is 0 Å². The summed E-state index contributed by atoms with van der Waals surface area (Å²) >= 11 is 0. The first-order valence-corrected chi connectivity index (χ1v) is 11.0. The number of likely N-dealkylation sites (tertiary alicyclic amines) is 1. The Morgan fingerprint density at radius 2 is 1.71 bits per heavy atom. The molecular formula is C27H26N2O6. The van der Waals surface area contributed by atoms with Gasteiger partial charge in [0.1, 0.15) is 11.5 Å². The first kappa shape index (κ1) is 23.8. The molecule has 1 unspecified atom stereocenters. The van der Waals surface area contributed by atoms with Crippen LogP contribution in [0.25, 0.3) is 5.76 Å². The first-order chi connectivity index (χ1) is 17.0. The molecule has 180 valence electrons. The highest BCUT2D eigenvalue weighted by Gasteiger charge is 2.45. The Morgan fingerprint density at radius 3 is 2.34 bits per heavy atom. The van der Waals surface area contributed by atoms with Gasteiger partial charge in [-0.1, -0.05) is 12.1 Å². The van der Waals surface area contributed by atoms with E-state index in [4.69, 9.17) is 14.2 Å². The Balaban J connectivity index is 1.71. The predicted molar refractivity (Wildman–Crippen MR) is 129 cm³/mol. The maximum atomic E-state index is 13.1. The number of ketones is 1. The number of Topliss-reactive ketones (excluding diaryl/α,β-unsaturated/α-hetero) is 1. The van der Waals surface area contributed by atoms with E-state index in [1.54, 1.807) is 76.2 Å². The number of carbonyl (C=O) groups is 2. The standard InChI is InChI=1S/C27H26N2O6/c1-33-20-9-7-18(8-10-20)25(30)23-24(19-5-4-13-28-16-19)29(27(32)26(23)31)14-12-17-6-11-21(34-2)22(15-17)35-3/h4-11,13,15-16,24,30H,12,14H2,1-3H3. The number of pyridine rings is 1. The molecule has 1 saturated heterocycles. The lowest BCUT2D eigenvalue weighted by atomic mass is 9.96. The van der Waals surface area contributed by atoms with Crippen LogP contribution in [0.5, 0.6) is 17.2 Å². The van der Waals surface area contributed by atoms with Crippen molar-refractivity contribution < 1.29 is 28.9 Å². The molecular weight excluding hydrogens is 448 g/mol. The molecule has 35 heavy (non-hydrogen) atoms. The highest BCUT2D eigenvalue weighted by Crippen LogP contribution is 2.39. The Kier molecular flexibility index (Phi) is 7.01. The van der Waals surface area contributed by atoms with Crippen molar-refractivity contribution in [2.24, 2.45) is 0 Å². The lowest BCUT2D eigenvalue weighted by molar-refractivity contribution is -0.139. The summed E-state index contributed by atoms with van der Waals surface area (Å²) in [6, 6.07) is 14.9. The van der Waals surface area contributed by atoms with E-state index in [2.05, 4.69) is 4.98 Å². The molecule has 1 atom stereocenters. The lowest BCUT2D eigenvalue weighted by Crippen LogP contribution is -2.31. The number of ether oxygens (including phenoxy) is 3. The molecule has 1 aromatic heterocycles. The second-order valence-corrected chi connectivity index (χ2v) is 7.95. The van der Waals surface area contributed by atoms with Gasteiger partial charge >= 0.3 is 0 Å². The second-order valence-electron chi connectivity index (χ2n) is 7.95. The van der Waals surface area contributed by atoms with Crippen LogP contribution in [0.3, 0.4) is 0 Å². The van der Waals surface area contributed by atoms with Crippen LogP contribution in [0.1, 0.15) is 22.7 Å². The van der Waals surface area contributed by atoms with Crippen molar-refractivity contribution in [3.8, 4) is 17.2 Å². The van der Waals surface area contributed by atoms with Crippen molar-refractivity contribution in [2.75, 3.05) is 27.9 Å². The molecule has 2 heterocycles. The maximum absolute atomic E-state index is 13.1. The number of carbonyl (C=O) groups excluding carboxylic acids is 2. The average Bonchev–Trinajstić information content (AvgIpc) is 3.16. The molecule has 4 rings (SSSR count). The van der Waals surface area contributed by atoms with E-state index in [0.717, 1.165) is 5.56 Å². The van der Waals surface area contributed by atoms with Crippen LogP contribution >= 0.6 is 0 Å². The molecule has 0 spiro atoms. The monoisotopic (exact) mass is 474 g/mol. The number of methoxy groups -OCH3 is 3. The van der Waals surface area contributed by atoms with Crippen LogP contribution in [-0.4, -0.2) is 54.6 Å². The third-order valence-electron chi connectivity index (χ3n) is 5.99. The number of benzene rings is 2. The minimum atomic E-state index is -0.772. The van der Waals surface area contributed by atoms with Gasteiger partial charge in [0.05, 0.1) is 32.9 Å². The summed E-state index contributed by atoms with van der Waals surface area (Å²) < 4.78 is 15.8. The fraction of sp³-hybridized carbons (Fsp3) is 0.222. The average molecular weight is 475 g/mol. The minimum Gasteiger partial charge on any atom is -0.507 e. The first-order valence-electron chi connectivity index (χ1n) is 11.0. The van der Waals surface area contributed by atoms with E-state index in [9.17, 15) is 14.7 Å². The maximum Gasteiger partial charge on any atom is 0.295 e. The molecule has 0 bridgehead atoms. The van der Waals surface area contributed by atoms with E-state index in [1.807, 2.05) is 12.1 Å². The summed E-state index contributed by atoms with van der Waals surface area (Å²) in [6.45, 7) is 0.249. The third kappa shape index (κ3) is 4.68. The zero-order chi connectivity index (χ0) is 24.9. The van der Waals surface area contributed by atoms with Crippen LogP contribution in [0, 0.1) is 0 Å². The topological polar surface area (TPSA) is 98.2 Å². The smallest absolute Gasteiger partial charge is 0.295 e. The van der Waals surface area contributed by atoms with Gasteiger partial charge in [-0.25, -0.2) is 0 Å². The van der Waals surface area contributed by atoms with Crippen LogP contribution < -0.4 is 14.2 Å². The number of aliphatic hydroxyl groups excluding tert-OH is 1. The molecule has 1 fully saturated rings. The number of rotatable bonds is 8.